The number of nitrogens with zero attached hydrogens (tertiary/aromatic N) is 3. The Balaban J connectivity index is 1.86. The number of aromatic nitrogens is 3. The lowest BCUT2D eigenvalue weighted by molar-refractivity contribution is 0.0955. The van der Waals surface area contributed by atoms with Crippen LogP contribution < -0.4 is 10.2 Å². The van der Waals surface area contributed by atoms with E-state index < -0.39 is 0 Å². The standard InChI is InChI=1S/C18H25N5O2/c1-5-19-18(24)13-6-7-16(20-9-13)23-10-14(25-4)8-15(23)17-21-11(2)12(3)22-17/h6-7,9,14-15H,5,8,10H2,1-4H3,(H,19,24)(H,21,22)/t14-,15+/m1/s1. The van der Waals surface area contributed by atoms with Crippen molar-refractivity contribution in [2.45, 2.75) is 39.3 Å². The lowest BCUT2D eigenvalue weighted by atomic mass is 10.2. The Morgan fingerprint density at radius 2 is 2.24 bits per heavy atom. The number of anilines is 1. The lowest BCUT2D eigenvalue weighted by Crippen LogP contribution is -2.27. The van der Waals surface area contributed by atoms with E-state index in [4.69, 9.17) is 4.74 Å². The molecule has 0 unspecified atom stereocenters. The molecule has 3 rings (SSSR count). The number of pyridine rings is 1. The molecule has 3 heterocycles. The first-order valence-electron chi connectivity index (χ1n) is 8.60. The summed E-state index contributed by atoms with van der Waals surface area (Å²) in [4.78, 5) is 26.6. The Hall–Kier alpha value is -2.41. The van der Waals surface area contributed by atoms with Gasteiger partial charge in [0.2, 0.25) is 0 Å². The molecule has 134 valence electrons. The minimum atomic E-state index is -0.105. The van der Waals surface area contributed by atoms with Crippen LogP contribution >= 0.6 is 0 Å². The molecular weight excluding hydrogens is 318 g/mol. The van der Waals surface area contributed by atoms with Gasteiger partial charge < -0.3 is 19.9 Å². The topological polar surface area (TPSA) is 83.1 Å². The number of hydrogen-bond acceptors (Lipinski definition) is 5. The molecule has 0 bridgehead atoms. The third-order valence-electron chi connectivity index (χ3n) is 4.70. The van der Waals surface area contributed by atoms with E-state index in [1.165, 1.54) is 0 Å². The van der Waals surface area contributed by atoms with Gasteiger partial charge in [0.15, 0.2) is 0 Å². The average molecular weight is 343 g/mol. The number of aryl methyl sites for hydroxylation is 2. The predicted molar refractivity (Wildman–Crippen MR) is 95.8 cm³/mol. The van der Waals surface area contributed by atoms with Gasteiger partial charge in [0.05, 0.1) is 23.4 Å². The fourth-order valence-electron chi connectivity index (χ4n) is 3.17. The van der Waals surface area contributed by atoms with E-state index in [9.17, 15) is 4.79 Å². The predicted octanol–water partition coefficient (Wildman–Crippen LogP) is 2.14. The van der Waals surface area contributed by atoms with E-state index in [0.717, 1.165) is 36.0 Å². The molecule has 2 aromatic heterocycles. The van der Waals surface area contributed by atoms with Gasteiger partial charge in [0.1, 0.15) is 11.6 Å². The molecule has 0 aliphatic carbocycles. The Bertz CT molecular complexity index is 721. The summed E-state index contributed by atoms with van der Waals surface area (Å²) in [6, 6.07) is 3.78. The lowest BCUT2D eigenvalue weighted by Gasteiger charge is -2.24. The summed E-state index contributed by atoms with van der Waals surface area (Å²) in [5.74, 6) is 1.65. The van der Waals surface area contributed by atoms with Gasteiger partial charge in [-0.15, -0.1) is 0 Å². The van der Waals surface area contributed by atoms with Gasteiger partial charge in [-0.05, 0) is 32.9 Å². The van der Waals surface area contributed by atoms with Crippen LogP contribution in [0.2, 0.25) is 0 Å². The number of nitrogens with one attached hydrogen (secondary N) is 2. The number of amides is 1. The third-order valence-corrected chi connectivity index (χ3v) is 4.70. The molecule has 25 heavy (non-hydrogen) atoms. The molecular formula is C18H25N5O2. The first kappa shape index (κ1) is 17.4. The smallest absolute Gasteiger partial charge is 0.252 e. The van der Waals surface area contributed by atoms with E-state index in [1.54, 1.807) is 13.3 Å². The molecule has 7 nitrogen and oxygen atoms in total. The van der Waals surface area contributed by atoms with Crippen LogP contribution in [0.3, 0.4) is 0 Å². The van der Waals surface area contributed by atoms with Crippen molar-refractivity contribution in [3.8, 4) is 0 Å². The molecule has 0 saturated carbocycles. The number of ether oxygens (including phenoxy) is 1. The second-order valence-corrected chi connectivity index (χ2v) is 6.36. The second-order valence-electron chi connectivity index (χ2n) is 6.36. The summed E-state index contributed by atoms with van der Waals surface area (Å²) in [6.45, 7) is 7.27. The number of carbonyl (C=O) groups excluding carboxylic acids is 1. The van der Waals surface area contributed by atoms with Crippen molar-refractivity contribution in [2.75, 3.05) is 25.1 Å². The van der Waals surface area contributed by atoms with Crippen LogP contribution in [-0.2, 0) is 4.74 Å². The first-order chi connectivity index (χ1) is 12.0. The Labute approximate surface area is 147 Å². The van der Waals surface area contributed by atoms with Crippen LogP contribution in [0.5, 0.6) is 0 Å². The number of carbonyl (C=O) groups is 1. The molecule has 2 aromatic rings. The highest BCUT2D eigenvalue weighted by molar-refractivity contribution is 5.94. The number of imidazole rings is 1. The SMILES string of the molecule is CCNC(=O)c1ccc(N2C[C@H](OC)C[C@H]2c2nc(C)c(C)[nH]2)nc1. The molecule has 7 heteroatoms. The van der Waals surface area contributed by atoms with E-state index in [1.807, 2.05) is 32.9 Å². The van der Waals surface area contributed by atoms with Gasteiger partial charge in [0.25, 0.3) is 5.91 Å². The van der Waals surface area contributed by atoms with Crippen molar-refractivity contribution in [2.24, 2.45) is 0 Å². The van der Waals surface area contributed by atoms with Gasteiger partial charge in [-0.25, -0.2) is 9.97 Å². The van der Waals surface area contributed by atoms with Crippen molar-refractivity contribution >= 4 is 11.7 Å². The summed E-state index contributed by atoms with van der Waals surface area (Å²) in [5.41, 5.74) is 2.65. The highest BCUT2D eigenvalue weighted by Gasteiger charge is 2.36. The molecule has 1 aliphatic heterocycles. The summed E-state index contributed by atoms with van der Waals surface area (Å²) in [6.07, 6.45) is 2.60. The molecule has 1 amide bonds. The quantitative estimate of drug-likeness (QED) is 0.869. The fourth-order valence-corrected chi connectivity index (χ4v) is 3.17. The van der Waals surface area contributed by atoms with Crippen LogP contribution in [0.1, 0.15) is 47.0 Å². The molecule has 1 aliphatic rings. The maximum Gasteiger partial charge on any atom is 0.252 e. The number of hydrogen-bond donors (Lipinski definition) is 2. The van der Waals surface area contributed by atoms with E-state index in [0.29, 0.717) is 12.1 Å². The van der Waals surface area contributed by atoms with Crippen molar-refractivity contribution in [3.05, 3.63) is 41.1 Å². The highest BCUT2D eigenvalue weighted by atomic mass is 16.5. The zero-order valence-corrected chi connectivity index (χ0v) is 15.2. The summed E-state index contributed by atoms with van der Waals surface area (Å²) >= 11 is 0. The van der Waals surface area contributed by atoms with Gasteiger partial charge in [-0.2, -0.15) is 0 Å². The average Bonchev–Trinajstić information content (AvgIpc) is 3.19. The minimum absolute atomic E-state index is 0.0835. The maximum atomic E-state index is 11.9. The van der Waals surface area contributed by atoms with E-state index in [-0.39, 0.29) is 18.1 Å². The maximum absolute atomic E-state index is 11.9. The van der Waals surface area contributed by atoms with Crippen molar-refractivity contribution in [3.63, 3.8) is 0 Å². The van der Waals surface area contributed by atoms with Gasteiger partial charge in [-0.3, -0.25) is 4.79 Å². The Morgan fingerprint density at radius 1 is 1.44 bits per heavy atom. The van der Waals surface area contributed by atoms with Crippen LogP contribution in [0.25, 0.3) is 0 Å². The van der Waals surface area contributed by atoms with Crippen molar-refractivity contribution in [1.82, 2.24) is 20.3 Å². The minimum Gasteiger partial charge on any atom is -0.380 e. The zero-order chi connectivity index (χ0) is 18.0. The summed E-state index contributed by atoms with van der Waals surface area (Å²) in [5, 5.41) is 2.78. The number of rotatable bonds is 5. The number of aromatic amines is 1. The number of methoxy groups -OCH3 is 1. The van der Waals surface area contributed by atoms with Gasteiger partial charge in [-0.1, -0.05) is 0 Å². The third kappa shape index (κ3) is 3.51. The summed E-state index contributed by atoms with van der Waals surface area (Å²) < 4.78 is 5.57. The Morgan fingerprint density at radius 3 is 2.80 bits per heavy atom. The zero-order valence-electron chi connectivity index (χ0n) is 15.2. The molecule has 2 N–H and O–H groups in total. The molecule has 2 atom stereocenters. The highest BCUT2D eigenvalue weighted by Crippen LogP contribution is 2.35. The fraction of sp³-hybridized carbons (Fsp3) is 0.500. The number of H-pyrrole nitrogens is 1. The van der Waals surface area contributed by atoms with E-state index >= 15 is 0 Å². The van der Waals surface area contributed by atoms with Crippen LogP contribution in [0.15, 0.2) is 18.3 Å². The van der Waals surface area contributed by atoms with Crippen molar-refractivity contribution < 1.29 is 9.53 Å². The molecule has 0 radical (unpaired) electrons. The monoisotopic (exact) mass is 343 g/mol. The molecule has 0 aromatic carbocycles. The van der Waals surface area contributed by atoms with Crippen LogP contribution in [-0.4, -0.2) is 47.2 Å². The summed E-state index contributed by atoms with van der Waals surface area (Å²) in [7, 11) is 1.73. The normalized spacial score (nSPS) is 20.1. The van der Waals surface area contributed by atoms with Crippen LogP contribution in [0, 0.1) is 13.8 Å². The Kier molecular flexibility index (Phi) is 5.03. The second kappa shape index (κ2) is 7.23. The van der Waals surface area contributed by atoms with Gasteiger partial charge >= 0.3 is 0 Å². The molecule has 1 fully saturated rings. The molecule has 1 saturated heterocycles. The molecule has 0 spiro atoms. The largest absolute Gasteiger partial charge is 0.380 e. The van der Waals surface area contributed by atoms with Crippen LogP contribution in [0.4, 0.5) is 5.82 Å². The van der Waals surface area contributed by atoms with E-state index in [2.05, 4.69) is 25.2 Å². The van der Waals surface area contributed by atoms with Gasteiger partial charge in [0, 0.05) is 38.5 Å². The first-order valence-corrected chi connectivity index (χ1v) is 8.60. The van der Waals surface area contributed by atoms with Crippen molar-refractivity contribution in [1.29, 1.82) is 0 Å².